The fourth-order valence-corrected chi connectivity index (χ4v) is 3.55. The van der Waals surface area contributed by atoms with Gasteiger partial charge in [-0.2, -0.15) is 0 Å². The summed E-state index contributed by atoms with van der Waals surface area (Å²) in [6, 6.07) is 0. The molecule has 1 unspecified atom stereocenters. The van der Waals surface area contributed by atoms with E-state index in [1.165, 1.54) is 38.5 Å². The summed E-state index contributed by atoms with van der Waals surface area (Å²) < 4.78 is 10.3. The summed E-state index contributed by atoms with van der Waals surface area (Å²) in [5, 5.41) is 9.95. The van der Waals surface area contributed by atoms with Gasteiger partial charge in [0, 0.05) is 13.7 Å². The number of hydrogen-bond acceptors (Lipinski definition) is 4. The third-order valence-electron chi connectivity index (χ3n) is 4.79. The van der Waals surface area contributed by atoms with E-state index in [0.717, 1.165) is 19.6 Å². The highest BCUT2D eigenvalue weighted by Gasteiger charge is 2.36. The number of piperidine rings is 1. The van der Waals surface area contributed by atoms with Crippen LogP contribution >= 0.6 is 0 Å². The van der Waals surface area contributed by atoms with Crippen LogP contribution in [0.3, 0.4) is 0 Å². The Kier molecular flexibility index (Phi) is 6.07. The molecule has 0 bridgehead atoms. The maximum absolute atomic E-state index is 9.95. The zero-order chi connectivity index (χ0) is 13.6. The Morgan fingerprint density at radius 2 is 1.79 bits per heavy atom. The van der Waals surface area contributed by atoms with Crippen LogP contribution in [-0.4, -0.2) is 62.7 Å². The highest BCUT2D eigenvalue weighted by molar-refractivity contribution is 4.89. The van der Waals surface area contributed by atoms with Gasteiger partial charge >= 0.3 is 0 Å². The molecule has 1 aliphatic carbocycles. The fraction of sp³-hybridized carbons (Fsp3) is 1.00. The monoisotopic (exact) mass is 271 g/mol. The van der Waals surface area contributed by atoms with Crippen molar-refractivity contribution in [2.24, 2.45) is 5.41 Å². The summed E-state index contributed by atoms with van der Waals surface area (Å²) >= 11 is 0. The van der Waals surface area contributed by atoms with Crippen molar-refractivity contribution in [3.63, 3.8) is 0 Å². The summed E-state index contributed by atoms with van der Waals surface area (Å²) in [5.41, 5.74) is 0.663. The number of aliphatic hydroxyl groups excluding tert-OH is 1. The lowest BCUT2D eigenvalue weighted by molar-refractivity contribution is -0.00955. The maximum Gasteiger partial charge on any atom is 0.0900 e. The minimum absolute atomic E-state index is 0.366. The average Bonchev–Trinajstić information content (AvgIpc) is 2.86. The Labute approximate surface area is 117 Å². The molecule has 4 heteroatoms. The molecule has 2 aliphatic rings. The van der Waals surface area contributed by atoms with Crippen molar-refractivity contribution < 1.29 is 14.6 Å². The lowest BCUT2D eigenvalue weighted by Gasteiger charge is -2.40. The summed E-state index contributed by atoms with van der Waals surface area (Å²) in [7, 11) is 1.66. The lowest BCUT2D eigenvalue weighted by atomic mass is 9.77. The van der Waals surface area contributed by atoms with Crippen molar-refractivity contribution in [1.29, 1.82) is 0 Å². The summed E-state index contributed by atoms with van der Waals surface area (Å²) in [6.07, 6.45) is 8.00. The van der Waals surface area contributed by atoms with Crippen molar-refractivity contribution in [3.8, 4) is 0 Å². The van der Waals surface area contributed by atoms with Crippen LogP contribution in [0, 0.1) is 5.41 Å². The van der Waals surface area contributed by atoms with Crippen molar-refractivity contribution in [2.45, 2.75) is 44.6 Å². The second-order valence-electron chi connectivity index (χ2n) is 6.23. The van der Waals surface area contributed by atoms with E-state index in [-0.39, 0.29) is 6.10 Å². The zero-order valence-electron chi connectivity index (χ0n) is 12.3. The normalized spacial score (nSPS) is 24.9. The highest BCUT2D eigenvalue weighted by atomic mass is 16.5. The van der Waals surface area contributed by atoms with E-state index in [1.54, 1.807) is 7.11 Å². The van der Waals surface area contributed by atoms with Crippen LogP contribution in [0.4, 0.5) is 0 Å². The van der Waals surface area contributed by atoms with Gasteiger partial charge in [-0.15, -0.1) is 0 Å². The lowest BCUT2D eigenvalue weighted by Crippen LogP contribution is -2.43. The van der Waals surface area contributed by atoms with E-state index in [4.69, 9.17) is 9.47 Å². The fourth-order valence-electron chi connectivity index (χ4n) is 3.55. The second-order valence-corrected chi connectivity index (χ2v) is 6.23. The number of ether oxygens (including phenoxy) is 2. The first kappa shape index (κ1) is 15.2. The first-order chi connectivity index (χ1) is 9.24. The Balaban J connectivity index is 1.59. The Hall–Kier alpha value is -0.160. The van der Waals surface area contributed by atoms with Gasteiger partial charge in [-0.3, -0.25) is 0 Å². The Morgan fingerprint density at radius 3 is 2.42 bits per heavy atom. The summed E-state index contributed by atoms with van der Waals surface area (Å²) in [4.78, 5) is 2.40. The Morgan fingerprint density at radius 1 is 1.11 bits per heavy atom. The van der Waals surface area contributed by atoms with Gasteiger partial charge in [-0.25, -0.2) is 0 Å². The molecule has 19 heavy (non-hydrogen) atoms. The van der Waals surface area contributed by atoms with Crippen molar-refractivity contribution in [2.75, 3.05) is 46.6 Å². The van der Waals surface area contributed by atoms with Gasteiger partial charge in [0.05, 0.1) is 25.9 Å². The van der Waals surface area contributed by atoms with Crippen LogP contribution < -0.4 is 0 Å². The number of β-amino-alcohol motifs (C(OH)–C–C–N with tert-alkyl or cyclic N) is 1. The van der Waals surface area contributed by atoms with Crippen LogP contribution in [0.1, 0.15) is 38.5 Å². The Bertz CT molecular complexity index is 244. The molecule has 0 aromatic rings. The highest BCUT2D eigenvalue weighted by Crippen LogP contribution is 2.45. The van der Waals surface area contributed by atoms with Gasteiger partial charge in [0.1, 0.15) is 0 Å². The van der Waals surface area contributed by atoms with Crippen LogP contribution in [0.2, 0.25) is 0 Å². The first-order valence-electron chi connectivity index (χ1n) is 7.71. The quantitative estimate of drug-likeness (QED) is 0.715. The molecule has 1 spiro atoms. The molecule has 2 rings (SSSR count). The van der Waals surface area contributed by atoms with E-state index < -0.39 is 0 Å². The van der Waals surface area contributed by atoms with E-state index in [2.05, 4.69) is 4.90 Å². The van der Waals surface area contributed by atoms with Crippen LogP contribution in [-0.2, 0) is 9.47 Å². The zero-order valence-corrected chi connectivity index (χ0v) is 12.3. The third kappa shape index (κ3) is 4.71. The number of aliphatic hydroxyl groups is 1. The second kappa shape index (κ2) is 7.58. The number of nitrogens with zero attached hydrogens (tertiary/aromatic N) is 1. The van der Waals surface area contributed by atoms with Gasteiger partial charge < -0.3 is 19.5 Å². The molecule has 1 atom stereocenters. The minimum atomic E-state index is -0.366. The van der Waals surface area contributed by atoms with Crippen LogP contribution in [0.5, 0.6) is 0 Å². The van der Waals surface area contributed by atoms with E-state index >= 15 is 0 Å². The number of hydrogen-bond donors (Lipinski definition) is 1. The number of rotatable bonds is 7. The number of likely N-dealkylation sites (tertiary alicyclic amines) is 1. The SMILES string of the molecule is COCCOCC(O)CN1CCC2(CCCC2)CC1. The molecule has 2 fully saturated rings. The van der Waals surface area contributed by atoms with E-state index in [9.17, 15) is 5.11 Å². The maximum atomic E-state index is 9.95. The minimum Gasteiger partial charge on any atom is -0.389 e. The van der Waals surface area contributed by atoms with Crippen LogP contribution in [0.15, 0.2) is 0 Å². The van der Waals surface area contributed by atoms with Crippen molar-refractivity contribution >= 4 is 0 Å². The number of methoxy groups -OCH3 is 1. The molecule has 1 heterocycles. The van der Waals surface area contributed by atoms with Crippen molar-refractivity contribution in [1.82, 2.24) is 4.90 Å². The van der Waals surface area contributed by atoms with Crippen LogP contribution in [0.25, 0.3) is 0 Å². The smallest absolute Gasteiger partial charge is 0.0900 e. The van der Waals surface area contributed by atoms with Gasteiger partial charge in [0.25, 0.3) is 0 Å². The molecule has 0 aromatic carbocycles. The van der Waals surface area contributed by atoms with E-state index in [0.29, 0.717) is 25.2 Å². The van der Waals surface area contributed by atoms with E-state index in [1.807, 2.05) is 0 Å². The van der Waals surface area contributed by atoms with Gasteiger partial charge in [0.15, 0.2) is 0 Å². The largest absolute Gasteiger partial charge is 0.389 e. The molecule has 1 saturated carbocycles. The molecule has 4 nitrogen and oxygen atoms in total. The average molecular weight is 271 g/mol. The van der Waals surface area contributed by atoms with Gasteiger partial charge in [-0.1, -0.05) is 12.8 Å². The van der Waals surface area contributed by atoms with Gasteiger partial charge in [0.2, 0.25) is 0 Å². The van der Waals surface area contributed by atoms with Crippen molar-refractivity contribution in [3.05, 3.63) is 0 Å². The predicted molar refractivity (Wildman–Crippen MR) is 75.3 cm³/mol. The third-order valence-corrected chi connectivity index (χ3v) is 4.79. The molecular weight excluding hydrogens is 242 g/mol. The first-order valence-corrected chi connectivity index (χ1v) is 7.71. The molecule has 0 radical (unpaired) electrons. The summed E-state index contributed by atoms with van der Waals surface area (Å²) in [5.74, 6) is 0. The molecule has 0 amide bonds. The topological polar surface area (TPSA) is 41.9 Å². The van der Waals surface area contributed by atoms with Gasteiger partial charge in [-0.05, 0) is 44.2 Å². The molecule has 1 saturated heterocycles. The molecule has 112 valence electrons. The molecule has 0 aromatic heterocycles. The standard InChI is InChI=1S/C15H29NO3/c1-18-10-11-19-13-14(17)12-16-8-6-15(7-9-16)4-2-3-5-15/h14,17H,2-13H2,1H3. The molecular formula is C15H29NO3. The predicted octanol–water partition coefficient (Wildman–Crippen LogP) is 1.67. The summed E-state index contributed by atoms with van der Waals surface area (Å²) in [6.45, 7) is 4.63. The molecule has 1 aliphatic heterocycles. The molecule has 1 N–H and O–H groups in total.